The van der Waals surface area contributed by atoms with Crippen molar-refractivity contribution in [2.75, 3.05) is 24.5 Å². The smallest absolute Gasteiger partial charge is 0.266 e. The van der Waals surface area contributed by atoms with Crippen LogP contribution in [0.15, 0.2) is 34.9 Å². The fourth-order valence-corrected chi connectivity index (χ4v) is 4.06. The van der Waals surface area contributed by atoms with E-state index in [1.807, 2.05) is 35.2 Å². The lowest BCUT2D eigenvalue weighted by Crippen LogP contribution is -2.52. The number of likely N-dealkylation sites (tertiary alicyclic amines) is 1. The average molecular weight is 340 g/mol. The third-order valence-electron chi connectivity index (χ3n) is 5.46. The number of aromatic nitrogens is 2. The Morgan fingerprint density at radius 2 is 1.96 bits per heavy atom. The van der Waals surface area contributed by atoms with Crippen LogP contribution in [0.4, 0.5) is 5.95 Å². The Bertz CT molecular complexity index is 758. The summed E-state index contributed by atoms with van der Waals surface area (Å²) in [7, 11) is 0. The molecule has 0 N–H and O–H groups in total. The number of rotatable bonds is 3. The predicted octanol–water partition coefficient (Wildman–Crippen LogP) is 2.96. The van der Waals surface area contributed by atoms with E-state index < -0.39 is 0 Å². The van der Waals surface area contributed by atoms with Crippen molar-refractivity contribution in [3.8, 4) is 11.5 Å². The zero-order chi connectivity index (χ0) is 17.4. The van der Waals surface area contributed by atoms with Crippen molar-refractivity contribution >= 4 is 11.9 Å². The molecule has 1 atom stereocenters. The summed E-state index contributed by atoms with van der Waals surface area (Å²) in [5, 5.41) is 4.15. The first-order valence-corrected chi connectivity index (χ1v) is 9.04. The second-order valence-electron chi connectivity index (χ2n) is 7.41. The molecule has 2 saturated heterocycles. The molecule has 0 radical (unpaired) electrons. The van der Waals surface area contributed by atoms with Gasteiger partial charge in [0.25, 0.3) is 11.8 Å². The summed E-state index contributed by atoms with van der Waals surface area (Å²) in [4.78, 5) is 21.7. The second kappa shape index (κ2) is 6.17. The van der Waals surface area contributed by atoms with Crippen molar-refractivity contribution in [2.24, 2.45) is 5.41 Å². The summed E-state index contributed by atoms with van der Waals surface area (Å²) in [5.41, 5.74) is 0.630. The first-order valence-electron chi connectivity index (χ1n) is 9.04. The molecule has 1 aromatic carbocycles. The Kier molecular flexibility index (Phi) is 3.98. The average Bonchev–Trinajstić information content (AvgIpc) is 3.26. The molecule has 25 heavy (non-hydrogen) atoms. The summed E-state index contributed by atoms with van der Waals surface area (Å²) in [6.07, 6.45) is 2.89. The van der Waals surface area contributed by atoms with Gasteiger partial charge >= 0.3 is 0 Å². The standard InChI is InChI=1S/C19H24N4O2/c1-14(2)23-11-6-9-19(17(23)24)10-12-22(13-19)18-20-16(25-21-18)15-7-4-3-5-8-15/h3-5,7-8,14H,6,9-13H2,1-2H3/t19-/m0/s1. The van der Waals surface area contributed by atoms with Crippen LogP contribution in [0.3, 0.4) is 0 Å². The molecule has 6 heteroatoms. The highest BCUT2D eigenvalue weighted by Gasteiger charge is 2.49. The van der Waals surface area contributed by atoms with E-state index in [1.54, 1.807) is 0 Å². The zero-order valence-corrected chi connectivity index (χ0v) is 14.8. The summed E-state index contributed by atoms with van der Waals surface area (Å²) < 4.78 is 5.43. The van der Waals surface area contributed by atoms with Gasteiger partial charge in [-0.05, 0) is 50.4 Å². The number of carbonyl (C=O) groups excluding carboxylic acids is 1. The van der Waals surface area contributed by atoms with Crippen LogP contribution in [0.5, 0.6) is 0 Å². The lowest BCUT2D eigenvalue weighted by Gasteiger charge is -2.41. The van der Waals surface area contributed by atoms with Crippen molar-refractivity contribution in [3.63, 3.8) is 0 Å². The van der Waals surface area contributed by atoms with Gasteiger partial charge in [-0.1, -0.05) is 18.2 Å². The topological polar surface area (TPSA) is 62.5 Å². The van der Waals surface area contributed by atoms with Gasteiger partial charge in [-0.15, -0.1) is 0 Å². The molecule has 2 fully saturated rings. The number of benzene rings is 1. The molecule has 1 aromatic heterocycles. The van der Waals surface area contributed by atoms with E-state index in [1.165, 1.54) is 0 Å². The SMILES string of the molecule is CC(C)N1CCC[C@@]2(CCN(c3noc(-c4ccccc4)n3)C2)C1=O. The lowest BCUT2D eigenvalue weighted by molar-refractivity contribution is -0.147. The van der Waals surface area contributed by atoms with Crippen LogP contribution in [0.25, 0.3) is 11.5 Å². The van der Waals surface area contributed by atoms with Gasteiger partial charge in [-0.3, -0.25) is 4.79 Å². The number of anilines is 1. The molecule has 0 bridgehead atoms. The van der Waals surface area contributed by atoms with E-state index in [4.69, 9.17) is 4.52 Å². The maximum Gasteiger partial charge on any atom is 0.266 e. The summed E-state index contributed by atoms with van der Waals surface area (Å²) in [6.45, 7) is 6.54. The zero-order valence-electron chi connectivity index (χ0n) is 14.8. The van der Waals surface area contributed by atoms with Gasteiger partial charge in [0.15, 0.2) is 0 Å². The fourth-order valence-electron chi connectivity index (χ4n) is 4.06. The number of piperidine rings is 1. The third kappa shape index (κ3) is 2.79. The molecule has 1 amide bonds. The molecule has 6 nitrogen and oxygen atoms in total. The molecule has 0 saturated carbocycles. The minimum absolute atomic E-state index is 0.258. The van der Waals surface area contributed by atoms with Gasteiger partial charge in [0, 0.05) is 31.2 Å². The third-order valence-corrected chi connectivity index (χ3v) is 5.46. The van der Waals surface area contributed by atoms with Crippen molar-refractivity contribution in [1.29, 1.82) is 0 Å². The number of amides is 1. The Hall–Kier alpha value is -2.37. The number of hydrogen-bond acceptors (Lipinski definition) is 5. The Balaban J connectivity index is 1.53. The molecule has 4 rings (SSSR count). The van der Waals surface area contributed by atoms with Gasteiger partial charge in [0.05, 0.1) is 5.41 Å². The van der Waals surface area contributed by atoms with Crippen LogP contribution >= 0.6 is 0 Å². The largest absolute Gasteiger partial charge is 0.340 e. The van der Waals surface area contributed by atoms with Gasteiger partial charge in [-0.25, -0.2) is 0 Å². The molecule has 2 aliphatic rings. The van der Waals surface area contributed by atoms with Crippen molar-refractivity contribution in [1.82, 2.24) is 15.0 Å². The highest BCUT2D eigenvalue weighted by molar-refractivity contribution is 5.85. The molecule has 2 aliphatic heterocycles. The van der Waals surface area contributed by atoms with Crippen molar-refractivity contribution in [2.45, 2.75) is 39.2 Å². The van der Waals surface area contributed by atoms with Crippen LogP contribution < -0.4 is 4.90 Å². The van der Waals surface area contributed by atoms with Crippen LogP contribution in [0.2, 0.25) is 0 Å². The van der Waals surface area contributed by atoms with E-state index in [2.05, 4.69) is 28.9 Å². The molecule has 132 valence electrons. The second-order valence-corrected chi connectivity index (χ2v) is 7.41. The van der Waals surface area contributed by atoms with Crippen molar-refractivity contribution in [3.05, 3.63) is 30.3 Å². The molecule has 3 heterocycles. The summed E-state index contributed by atoms with van der Waals surface area (Å²) in [6, 6.07) is 10.0. The van der Waals surface area contributed by atoms with E-state index in [0.29, 0.717) is 24.3 Å². The minimum atomic E-state index is -0.282. The van der Waals surface area contributed by atoms with E-state index in [-0.39, 0.29) is 11.5 Å². The molecule has 0 unspecified atom stereocenters. The predicted molar refractivity (Wildman–Crippen MR) is 95.1 cm³/mol. The van der Waals surface area contributed by atoms with Gasteiger partial charge in [-0.2, -0.15) is 4.98 Å². The highest BCUT2D eigenvalue weighted by atomic mass is 16.5. The molecule has 0 aliphatic carbocycles. The van der Waals surface area contributed by atoms with Gasteiger partial charge < -0.3 is 14.3 Å². The number of nitrogens with zero attached hydrogens (tertiary/aromatic N) is 4. The Morgan fingerprint density at radius 3 is 2.72 bits per heavy atom. The van der Waals surface area contributed by atoms with E-state index >= 15 is 0 Å². The Labute approximate surface area is 147 Å². The highest BCUT2D eigenvalue weighted by Crippen LogP contribution is 2.41. The monoisotopic (exact) mass is 340 g/mol. The summed E-state index contributed by atoms with van der Waals surface area (Å²) >= 11 is 0. The summed E-state index contributed by atoms with van der Waals surface area (Å²) in [5.74, 6) is 1.41. The van der Waals surface area contributed by atoms with Crippen LogP contribution in [-0.4, -0.2) is 46.6 Å². The fraction of sp³-hybridized carbons (Fsp3) is 0.526. The van der Waals surface area contributed by atoms with E-state index in [0.717, 1.165) is 37.9 Å². The molecular weight excluding hydrogens is 316 g/mol. The number of hydrogen-bond donors (Lipinski definition) is 0. The van der Waals surface area contributed by atoms with E-state index in [9.17, 15) is 4.79 Å². The first-order chi connectivity index (χ1) is 12.1. The normalized spacial score (nSPS) is 23.9. The molecule has 1 spiro atoms. The molecule has 2 aromatic rings. The maximum atomic E-state index is 13.0. The van der Waals surface area contributed by atoms with Crippen LogP contribution in [0, 0.1) is 5.41 Å². The Morgan fingerprint density at radius 1 is 1.16 bits per heavy atom. The minimum Gasteiger partial charge on any atom is -0.340 e. The first kappa shape index (κ1) is 16.1. The number of carbonyl (C=O) groups is 1. The van der Waals surface area contributed by atoms with Gasteiger partial charge in [0.2, 0.25) is 5.91 Å². The molecular formula is C19H24N4O2. The van der Waals surface area contributed by atoms with Crippen LogP contribution in [0.1, 0.15) is 33.1 Å². The van der Waals surface area contributed by atoms with Crippen LogP contribution in [-0.2, 0) is 4.79 Å². The van der Waals surface area contributed by atoms with Gasteiger partial charge in [0.1, 0.15) is 0 Å². The maximum absolute atomic E-state index is 13.0. The lowest BCUT2D eigenvalue weighted by atomic mass is 9.78. The quantitative estimate of drug-likeness (QED) is 0.859. The van der Waals surface area contributed by atoms with Crippen molar-refractivity contribution < 1.29 is 9.32 Å².